The Balaban J connectivity index is 0.000000765. The molecule has 1 saturated heterocycles. The van der Waals surface area contributed by atoms with Crippen molar-refractivity contribution in [3.63, 3.8) is 0 Å². The predicted octanol–water partition coefficient (Wildman–Crippen LogP) is 9.62. The lowest BCUT2D eigenvalue weighted by Crippen LogP contribution is -2.39. The van der Waals surface area contributed by atoms with E-state index in [1.54, 1.807) is 4.90 Å². The number of unbranched alkanes of at least 4 members (excludes halogenated alkanes) is 19. The van der Waals surface area contributed by atoms with Gasteiger partial charge < -0.3 is 14.7 Å². The Morgan fingerprint density at radius 2 is 1.12 bits per heavy atom. The van der Waals surface area contributed by atoms with Crippen molar-refractivity contribution >= 4 is 17.8 Å². The molecule has 1 heterocycles. The smallest absolute Gasteiger partial charge is 0.326 e. The van der Waals surface area contributed by atoms with Crippen LogP contribution >= 0.6 is 0 Å². The molecule has 1 amide bonds. The molecule has 1 unspecified atom stereocenters. The van der Waals surface area contributed by atoms with Crippen LogP contribution in [0, 0.1) is 0 Å². The molecule has 236 valence electrons. The minimum Gasteiger partial charge on any atom is -0.480 e. The SMILES string of the molecule is CCCCCCCCCCCCCC(=O)OC(C)C.CCCCCCCCCCCCN1C(=O)CCC1C(=O)O. The first-order valence-corrected chi connectivity index (χ1v) is 17.0. The second-order valence-electron chi connectivity index (χ2n) is 12.0. The van der Waals surface area contributed by atoms with Gasteiger partial charge in [0.2, 0.25) is 5.91 Å². The summed E-state index contributed by atoms with van der Waals surface area (Å²) in [5.41, 5.74) is 0. The van der Waals surface area contributed by atoms with Gasteiger partial charge in [0.15, 0.2) is 0 Å². The Bertz CT molecular complexity index is 621. The Hall–Kier alpha value is -1.59. The average Bonchev–Trinajstić information content (AvgIpc) is 3.28. The largest absolute Gasteiger partial charge is 0.480 e. The average molecular weight is 568 g/mol. The Morgan fingerprint density at radius 1 is 0.725 bits per heavy atom. The molecule has 1 N–H and O–H groups in total. The number of carboxylic acids is 1. The molecule has 0 aromatic rings. The van der Waals surface area contributed by atoms with Gasteiger partial charge in [-0.3, -0.25) is 9.59 Å². The van der Waals surface area contributed by atoms with Gasteiger partial charge in [-0.25, -0.2) is 4.79 Å². The quantitative estimate of drug-likeness (QED) is 0.0877. The zero-order valence-corrected chi connectivity index (χ0v) is 26.9. The fourth-order valence-electron chi connectivity index (χ4n) is 5.30. The lowest BCUT2D eigenvalue weighted by Gasteiger charge is -2.21. The first-order chi connectivity index (χ1) is 19.3. The molecule has 1 fully saturated rings. The number of rotatable bonds is 25. The molecular formula is C34H65NO5. The third-order valence-electron chi connectivity index (χ3n) is 7.72. The summed E-state index contributed by atoms with van der Waals surface area (Å²) in [4.78, 5) is 35.5. The maximum absolute atomic E-state index is 11.6. The first kappa shape index (κ1) is 38.4. The molecule has 1 aliphatic heterocycles. The third-order valence-corrected chi connectivity index (χ3v) is 7.72. The van der Waals surface area contributed by atoms with Crippen LogP contribution in [0.4, 0.5) is 0 Å². The van der Waals surface area contributed by atoms with E-state index in [-0.39, 0.29) is 18.0 Å². The van der Waals surface area contributed by atoms with Crippen molar-refractivity contribution in [1.82, 2.24) is 4.90 Å². The molecular weight excluding hydrogens is 502 g/mol. The first-order valence-electron chi connectivity index (χ1n) is 17.0. The maximum atomic E-state index is 11.6. The predicted molar refractivity (Wildman–Crippen MR) is 167 cm³/mol. The Kier molecular flexibility index (Phi) is 26.5. The monoisotopic (exact) mass is 567 g/mol. The molecule has 0 radical (unpaired) electrons. The fraction of sp³-hybridized carbons (Fsp3) is 0.912. The van der Waals surface area contributed by atoms with E-state index >= 15 is 0 Å². The topological polar surface area (TPSA) is 83.9 Å². The number of esters is 1. The number of ether oxygens (including phenoxy) is 1. The van der Waals surface area contributed by atoms with E-state index in [0.717, 1.165) is 19.3 Å². The van der Waals surface area contributed by atoms with Crippen molar-refractivity contribution in [3.8, 4) is 0 Å². The molecule has 0 spiro atoms. The number of carboxylic acid groups (broad SMARTS) is 1. The van der Waals surface area contributed by atoms with Gasteiger partial charge in [0.05, 0.1) is 6.10 Å². The van der Waals surface area contributed by atoms with Gasteiger partial charge in [0.1, 0.15) is 6.04 Å². The minimum absolute atomic E-state index is 0.0123. The summed E-state index contributed by atoms with van der Waals surface area (Å²) in [6.07, 6.45) is 28.5. The molecule has 1 aliphatic rings. The van der Waals surface area contributed by atoms with Gasteiger partial charge in [-0.05, 0) is 33.1 Å². The number of hydrogen-bond acceptors (Lipinski definition) is 4. The van der Waals surface area contributed by atoms with Crippen LogP contribution in [0.15, 0.2) is 0 Å². The van der Waals surface area contributed by atoms with Crippen molar-refractivity contribution in [2.24, 2.45) is 0 Å². The van der Waals surface area contributed by atoms with Crippen LogP contribution in [-0.2, 0) is 19.1 Å². The number of hydrogen-bond donors (Lipinski definition) is 1. The molecule has 6 heteroatoms. The highest BCUT2D eigenvalue weighted by Gasteiger charge is 2.35. The van der Waals surface area contributed by atoms with E-state index in [0.29, 0.717) is 25.8 Å². The summed E-state index contributed by atoms with van der Waals surface area (Å²) in [5, 5.41) is 9.07. The summed E-state index contributed by atoms with van der Waals surface area (Å²) in [6, 6.07) is -0.573. The van der Waals surface area contributed by atoms with Gasteiger partial charge in [0.25, 0.3) is 0 Å². The van der Waals surface area contributed by atoms with Crippen molar-refractivity contribution < 1.29 is 24.2 Å². The highest BCUT2D eigenvalue weighted by molar-refractivity contribution is 5.87. The van der Waals surface area contributed by atoms with Gasteiger partial charge in [-0.2, -0.15) is 0 Å². The van der Waals surface area contributed by atoms with Crippen LogP contribution in [0.1, 0.15) is 182 Å². The third kappa shape index (κ3) is 23.1. The Labute approximate surface area is 247 Å². The summed E-state index contributed by atoms with van der Waals surface area (Å²) in [6.45, 7) is 8.92. The number of aliphatic carboxylic acids is 1. The highest BCUT2D eigenvalue weighted by Crippen LogP contribution is 2.20. The zero-order chi connectivity index (χ0) is 29.8. The van der Waals surface area contributed by atoms with Crippen LogP contribution in [-0.4, -0.2) is 46.5 Å². The molecule has 1 rings (SSSR count). The van der Waals surface area contributed by atoms with Crippen LogP contribution in [0.3, 0.4) is 0 Å². The van der Waals surface area contributed by atoms with Gasteiger partial charge >= 0.3 is 11.9 Å². The molecule has 0 aliphatic carbocycles. The van der Waals surface area contributed by atoms with E-state index in [2.05, 4.69) is 13.8 Å². The standard InChI is InChI=1S/C17H31NO3.C17H34O2/c1-2-3-4-5-6-7-8-9-10-11-14-18-15(17(20)21)12-13-16(18)19;1-4-5-6-7-8-9-10-11-12-13-14-15-17(18)19-16(2)3/h15H,2-14H2,1H3,(H,20,21);16H,4-15H2,1-3H3. The van der Waals surface area contributed by atoms with E-state index in [1.807, 2.05) is 13.8 Å². The normalized spacial score (nSPS) is 14.9. The van der Waals surface area contributed by atoms with E-state index in [9.17, 15) is 14.4 Å². The van der Waals surface area contributed by atoms with Crippen LogP contribution < -0.4 is 0 Å². The molecule has 40 heavy (non-hydrogen) atoms. The summed E-state index contributed by atoms with van der Waals surface area (Å²) in [7, 11) is 0. The van der Waals surface area contributed by atoms with Crippen molar-refractivity contribution in [2.45, 2.75) is 194 Å². The van der Waals surface area contributed by atoms with E-state index < -0.39 is 12.0 Å². The molecule has 0 aromatic carbocycles. The van der Waals surface area contributed by atoms with Crippen LogP contribution in [0.5, 0.6) is 0 Å². The number of amides is 1. The van der Waals surface area contributed by atoms with Crippen LogP contribution in [0.2, 0.25) is 0 Å². The van der Waals surface area contributed by atoms with Gasteiger partial charge in [-0.15, -0.1) is 0 Å². The molecule has 0 saturated carbocycles. The summed E-state index contributed by atoms with van der Waals surface area (Å²) >= 11 is 0. The molecule has 0 bridgehead atoms. The van der Waals surface area contributed by atoms with Gasteiger partial charge in [0, 0.05) is 19.4 Å². The number of likely N-dealkylation sites (tertiary alicyclic amines) is 1. The molecule has 1 atom stereocenters. The highest BCUT2D eigenvalue weighted by atomic mass is 16.5. The van der Waals surface area contributed by atoms with E-state index in [4.69, 9.17) is 9.84 Å². The summed E-state index contributed by atoms with van der Waals surface area (Å²) in [5.74, 6) is -0.878. The van der Waals surface area contributed by atoms with Crippen molar-refractivity contribution in [3.05, 3.63) is 0 Å². The minimum atomic E-state index is -0.854. The fourth-order valence-corrected chi connectivity index (χ4v) is 5.30. The van der Waals surface area contributed by atoms with Crippen molar-refractivity contribution in [1.29, 1.82) is 0 Å². The number of nitrogens with zero attached hydrogens (tertiary/aromatic N) is 1. The summed E-state index contributed by atoms with van der Waals surface area (Å²) < 4.78 is 5.10. The number of carbonyl (C=O) groups excluding carboxylic acids is 2. The lowest BCUT2D eigenvalue weighted by molar-refractivity contribution is -0.147. The van der Waals surface area contributed by atoms with Crippen molar-refractivity contribution in [2.75, 3.05) is 6.54 Å². The van der Waals surface area contributed by atoms with Crippen LogP contribution in [0.25, 0.3) is 0 Å². The van der Waals surface area contributed by atoms with Gasteiger partial charge in [-0.1, -0.05) is 136 Å². The van der Waals surface area contributed by atoms with E-state index in [1.165, 1.54) is 116 Å². The Morgan fingerprint density at radius 3 is 1.52 bits per heavy atom. The molecule has 6 nitrogen and oxygen atoms in total. The number of carbonyl (C=O) groups is 3. The second kappa shape index (κ2) is 27.6. The second-order valence-corrected chi connectivity index (χ2v) is 12.0. The zero-order valence-electron chi connectivity index (χ0n) is 26.9. The molecule has 0 aromatic heterocycles. The lowest BCUT2D eigenvalue weighted by atomic mass is 10.1. The maximum Gasteiger partial charge on any atom is 0.326 e.